The highest BCUT2D eigenvalue weighted by molar-refractivity contribution is 7.12. The monoisotopic (exact) mass is 228 g/mol. The van der Waals surface area contributed by atoms with Crippen molar-refractivity contribution in [3.8, 4) is 0 Å². The molecule has 1 rings (SSSR count). The van der Waals surface area contributed by atoms with Crippen LogP contribution in [0.3, 0.4) is 0 Å². The third-order valence-electron chi connectivity index (χ3n) is 2.50. The summed E-state index contributed by atoms with van der Waals surface area (Å²) in [5.41, 5.74) is 2.85. The van der Waals surface area contributed by atoms with Gasteiger partial charge in [-0.15, -0.1) is 11.3 Å². The van der Waals surface area contributed by atoms with Crippen LogP contribution in [0.5, 0.6) is 0 Å². The molecule has 4 heteroatoms. The van der Waals surface area contributed by atoms with Crippen molar-refractivity contribution in [1.29, 1.82) is 0 Å². The van der Waals surface area contributed by atoms with Crippen molar-refractivity contribution in [1.82, 2.24) is 5.43 Å². The third-order valence-corrected chi connectivity index (χ3v) is 3.59. The molecule has 0 aliphatic heterocycles. The van der Waals surface area contributed by atoms with Gasteiger partial charge in [0.05, 0.1) is 12.1 Å². The lowest BCUT2D eigenvalue weighted by Gasteiger charge is -2.27. The van der Waals surface area contributed by atoms with E-state index in [1.807, 2.05) is 0 Å². The predicted molar refractivity (Wildman–Crippen MR) is 64.8 cm³/mol. The summed E-state index contributed by atoms with van der Waals surface area (Å²) in [6.45, 7) is 6.37. The Labute approximate surface area is 95.6 Å². The zero-order chi connectivity index (χ0) is 11.4. The SMILES string of the molecule is COC(C(C)C)C(NN)c1ccc(C)s1. The van der Waals surface area contributed by atoms with E-state index in [9.17, 15) is 0 Å². The summed E-state index contributed by atoms with van der Waals surface area (Å²) in [6.07, 6.45) is 0.105. The number of thiophene rings is 1. The van der Waals surface area contributed by atoms with Crippen molar-refractivity contribution < 1.29 is 4.74 Å². The standard InChI is InChI=1S/C11H20N2OS/c1-7(2)11(14-4)10(13-12)9-6-5-8(3)15-9/h5-7,10-11,13H,12H2,1-4H3. The molecule has 3 nitrogen and oxygen atoms in total. The van der Waals surface area contributed by atoms with Gasteiger partial charge in [0.2, 0.25) is 0 Å². The molecule has 0 spiro atoms. The van der Waals surface area contributed by atoms with Crippen LogP contribution in [0.2, 0.25) is 0 Å². The van der Waals surface area contributed by atoms with Crippen LogP contribution >= 0.6 is 11.3 Å². The molecule has 3 N–H and O–H groups in total. The number of nitrogens with two attached hydrogens (primary N) is 1. The summed E-state index contributed by atoms with van der Waals surface area (Å²) in [4.78, 5) is 2.53. The Kier molecular flexibility index (Phi) is 4.73. The van der Waals surface area contributed by atoms with Gasteiger partial charge < -0.3 is 4.74 Å². The largest absolute Gasteiger partial charge is 0.379 e. The Morgan fingerprint density at radius 2 is 2.07 bits per heavy atom. The first-order chi connectivity index (χ1) is 7.10. The van der Waals surface area contributed by atoms with Crippen molar-refractivity contribution in [3.63, 3.8) is 0 Å². The molecule has 1 aromatic heterocycles. The highest BCUT2D eigenvalue weighted by atomic mass is 32.1. The highest BCUT2D eigenvalue weighted by Gasteiger charge is 2.25. The molecule has 0 fully saturated rings. The molecule has 2 unspecified atom stereocenters. The van der Waals surface area contributed by atoms with Gasteiger partial charge in [0.25, 0.3) is 0 Å². The summed E-state index contributed by atoms with van der Waals surface area (Å²) in [5.74, 6) is 6.03. The van der Waals surface area contributed by atoms with E-state index in [-0.39, 0.29) is 12.1 Å². The smallest absolute Gasteiger partial charge is 0.0817 e. The molecule has 2 atom stereocenters. The summed E-state index contributed by atoms with van der Waals surface area (Å²) in [7, 11) is 1.73. The van der Waals surface area contributed by atoms with Gasteiger partial charge in [0.15, 0.2) is 0 Å². The van der Waals surface area contributed by atoms with Gasteiger partial charge in [0.1, 0.15) is 0 Å². The minimum Gasteiger partial charge on any atom is -0.379 e. The quantitative estimate of drug-likeness (QED) is 0.600. The van der Waals surface area contributed by atoms with Gasteiger partial charge in [-0.2, -0.15) is 0 Å². The molecule has 0 bridgehead atoms. The molecule has 0 amide bonds. The van der Waals surface area contributed by atoms with Gasteiger partial charge >= 0.3 is 0 Å². The van der Waals surface area contributed by atoms with E-state index in [4.69, 9.17) is 10.6 Å². The van der Waals surface area contributed by atoms with E-state index >= 15 is 0 Å². The third kappa shape index (κ3) is 3.01. The minimum atomic E-state index is 0.0775. The number of hydrazine groups is 1. The first-order valence-corrected chi connectivity index (χ1v) is 5.97. The number of ether oxygens (including phenoxy) is 1. The van der Waals surface area contributed by atoms with E-state index in [1.54, 1.807) is 18.4 Å². The van der Waals surface area contributed by atoms with Crippen LogP contribution in [-0.4, -0.2) is 13.2 Å². The Bertz CT molecular complexity index is 299. The number of methoxy groups -OCH3 is 1. The zero-order valence-electron chi connectivity index (χ0n) is 9.78. The number of nitrogens with one attached hydrogen (secondary N) is 1. The van der Waals surface area contributed by atoms with Crippen molar-refractivity contribution in [2.75, 3.05) is 7.11 Å². The van der Waals surface area contributed by atoms with E-state index in [2.05, 4.69) is 38.3 Å². The molecular formula is C11H20N2OS. The second kappa shape index (κ2) is 5.61. The van der Waals surface area contributed by atoms with Crippen LogP contribution in [0.15, 0.2) is 12.1 Å². The first kappa shape index (κ1) is 12.6. The summed E-state index contributed by atoms with van der Waals surface area (Å²) < 4.78 is 5.49. The Morgan fingerprint density at radius 1 is 1.40 bits per heavy atom. The van der Waals surface area contributed by atoms with Gasteiger partial charge in [-0.3, -0.25) is 5.84 Å². The van der Waals surface area contributed by atoms with Crippen LogP contribution in [-0.2, 0) is 4.74 Å². The highest BCUT2D eigenvalue weighted by Crippen LogP contribution is 2.28. The summed E-state index contributed by atoms with van der Waals surface area (Å²) in [6, 6.07) is 4.30. The van der Waals surface area contributed by atoms with Gasteiger partial charge in [0, 0.05) is 16.9 Å². The fraction of sp³-hybridized carbons (Fsp3) is 0.636. The average molecular weight is 228 g/mol. The van der Waals surface area contributed by atoms with Crippen LogP contribution in [0, 0.1) is 12.8 Å². The van der Waals surface area contributed by atoms with Gasteiger partial charge in [-0.05, 0) is 25.0 Å². The lowest BCUT2D eigenvalue weighted by atomic mass is 9.99. The first-order valence-electron chi connectivity index (χ1n) is 5.15. The van der Waals surface area contributed by atoms with Crippen molar-refractivity contribution in [3.05, 3.63) is 21.9 Å². The van der Waals surface area contributed by atoms with Crippen LogP contribution in [0.1, 0.15) is 29.6 Å². The second-order valence-corrected chi connectivity index (χ2v) is 5.36. The van der Waals surface area contributed by atoms with E-state index in [0.717, 1.165) is 0 Å². The Hall–Kier alpha value is -0.420. The summed E-state index contributed by atoms with van der Waals surface area (Å²) in [5, 5.41) is 0. The minimum absolute atomic E-state index is 0.0775. The van der Waals surface area contributed by atoms with Crippen molar-refractivity contribution in [2.45, 2.75) is 32.9 Å². The molecule has 0 saturated carbocycles. The van der Waals surface area contributed by atoms with E-state index < -0.39 is 0 Å². The number of hydrogen-bond donors (Lipinski definition) is 2. The van der Waals surface area contributed by atoms with E-state index in [1.165, 1.54) is 9.75 Å². The fourth-order valence-corrected chi connectivity index (χ4v) is 2.73. The Balaban J connectivity index is 2.86. The molecule has 0 aliphatic carbocycles. The molecule has 1 aromatic rings. The molecule has 0 aliphatic rings. The molecule has 0 radical (unpaired) electrons. The number of aryl methyl sites for hydroxylation is 1. The van der Waals surface area contributed by atoms with Crippen molar-refractivity contribution in [2.24, 2.45) is 11.8 Å². The maximum absolute atomic E-state index is 5.60. The number of rotatable bonds is 5. The molecule has 15 heavy (non-hydrogen) atoms. The molecule has 0 aromatic carbocycles. The molecular weight excluding hydrogens is 208 g/mol. The van der Waals surface area contributed by atoms with Crippen molar-refractivity contribution >= 4 is 11.3 Å². The average Bonchev–Trinajstić information content (AvgIpc) is 2.60. The maximum Gasteiger partial charge on any atom is 0.0817 e. The van der Waals surface area contributed by atoms with Gasteiger partial charge in [-0.25, -0.2) is 5.43 Å². The second-order valence-electron chi connectivity index (χ2n) is 4.04. The predicted octanol–water partition coefficient (Wildman–Crippen LogP) is 2.23. The van der Waals surface area contributed by atoms with Crippen LogP contribution < -0.4 is 11.3 Å². The topological polar surface area (TPSA) is 47.3 Å². The maximum atomic E-state index is 5.60. The lowest BCUT2D eigenvalue weighted by Crippen LogP contribution is -2.39. The lowest BCUT2D eigenvalue weighted by molar-refractivity contribution is 0.0336. The molecule has 0 saturated heterocycles. The summed E-state index contributed by atoms with van der Waals surface area (Å²) >= 11 is 1.76. The fourth-order valence-electron chi connectivity index (χ4n) is 1.75. The normalized spacial score (nSPS) is 15.6. The number of hydrogen-bond acceptors (Lipinski definition) is 4. The molecule has 1 heterocycles. The van der Waals surface area contributed by atoms with E-state index in [0.29, 0.717) is 5.92 Å². The van der Waals surface area contributed by atoms with Crippen LogP contribution in [0.4, 0.5) is 0 Å². The van der Waals surface area contributed by atoms with Gasteiger partial charge in [-0.1, -0.05) is 13.8 Å². The zero-order valence-corrected chi connectivity index (χ0v) is 10.6. The van der Waals surface area contributed by atoms with Crippen LogP contribution in [0.25, 0.3) is 0 Å². The molecule has 86 valence electrons. The Morgan fingerprint density at radius 3 is 2.40 bits per heavy atom.